The van der Waals surface area contributed by atoms with Crippen LogP contribution in [0.5, 0.6) is 5.75 Å². The van der Waals surface area contributed by atoms with Gasteiger partial charge in [-0.1, -0.05) is 38.8 Å². The van der Waals surface area contributed by atoms with Crippen molar-refractivity contribution in [3.63, 3.8) is 0 Å². The van der Waals surface area contributed by atoms with Crippen LogP contribution in [0.3, 0.4) is 0 Å². The van der Waals surface area contributed by atoms with Crippen molar-refractivity contribution < 1.29 is 15.0 Å². The lowest BCUT2D eigenvalue weighted by molar-refractivity contribution is -0.139. The second-order valence-corrected chi connectivity index (χ2v) is 5.92. The summed E-state index contributed by atoms with van der Waals surface area (Å²) in [4.78, 5) is 14.1. The molecule has 1 amide bonds. The average Bonchev–Trinajstić information content (AvgIpc) is 2.41. The minimum Gasteiger partial charge on any atom is -0.508 e. The maximum Gasteiger partial charge on any atom is 0.232 e. The Hall–Kier alpha value is -1.55. The summed E-state index contributed by atoms with van der Waals surface area (Å²) in [5.41, 5.74) is -0.206. The van der Waals surface area contributed by atoms with Gasteiger partial charge >= 0.3 is 0 Å². The first-order chi connectivity index (χ1) is 9.44. The van der Waals surface area contributed by atoms with E-state index in [9.17, 15) is 15.0 Å². The van der Waals surface area contributed by atoms with E-state index in [1.54, 1.807) is 38.4 Å². The van der Waals surface area contributed by atoms with Crippen LogP contribution in [0.2, 0.25) is 0 Å². The molecule has 0 saturated heterocycles. The van der Waals surface area contributed by atoms with Crippen LogP contribution in [0, 0.1) is 0 Å². The standard InChI is InChI=1S/C16H23NO3.CH4/c1-17(2)15(19)14(12-6-8-13(18)9-7-12)16(20)10-4-3-5-11-16;/h6-9,14,18,20H,3-5,10-11H2,1-2H3;1H4. The fourth-order valence-corrected chi connectivity index (χ4v) is 3.06. The van der Waals surface area contributed by atoms with E-state index < -0.39 is 11.5 Å². The summed E-state index contributed by atoms with van der Waals surface area (Å²) in [5.74, 6) is -0.473. The Labute approximate surface area is 127 Å². The third-order valence-electron chi connectivity index (χ3n) is 4.17. The molecular weight excluding hydrogens is 266 g/mol. The van der Waals surface area contributed by atoms with E-state index >= 15 is 0 Å². The molecule has 1 aromatic rings. The minimum atomic E-state index is -0.976. The molecule has 0 aliphatic heterocycles. The third kappa shape index (κ3) is 3.76. The quantitative estimate of drug-likeness (QED) is 0.901. The second-order valence-electron chi connectivity index (χ2n) is 5.92. The van der Waals surface area contributed by atoms with Gasteiger partial charge in [-0.3, -0.25) is 4.79 Å². The van der Waals surface area contributed by atoms with E-state index in [0.717, 1.165) is 24.8 Å². The number of phenolic OH excluding ortho intramolecular Hbond substituents is 1. The van der Waals surface area contributed by atoms with E-state index in [2.05, 4.69) is 0 Å². The number of hydrogen-bond donors (Lipinski definition) is 2. The topological polar surface area (TPSA) is 60.8 Å². The highest BCUT2D eigenvalue weighted by molar-refractivity contribution is 5.84. The molecule has 4 nitrogen and oxygen atoms in total. The number of likely N-dealkylation sites (N-methyl/N-ethyl adjacent to an activating group) is 1. The van der Waals surface area contributed by atoms with Gasteiger partial charge in [0.2, 0.25) is 5.91 Å². The molecule has 0 bridgehead atoms. The van der Waals surface area contributed by atoms with Crippen LogP contribution in [0.15, 0.2) is 24.3 Å². The molecule has 2 N–H and O–H groups in total. The normalized spacial score (nSPS) is 18.4. The monoisotopic (exact) mass is 293 g/mol. The zero-order valence-electron chi connectivity index (χ0n) is 12.2. The van der Waals surface area contributed by atoms with Crippen molar-refractivity contribution in [2.75, 3.05) is 14.1 Å². The lowest BCUT2D eigenvalue weighted by atomic mass is 9.72. The minimum absolute atomic E-state index is 0. The lowest BCUT2D eigenvalue weighted by Crippen LogP contribution is -2.46. The highest BCUT2D eigenvalue weighted by Crippen LogP contribution is 2.41. The number of aromatic hydroxyl groups is 1. The molecule has 21 heavy (non-hydrogen) atoms. The Morgan fingerprint density at radius 3 is 2.14 bits per heavy atom. The Bertz CT molecular complexity index is 461. The lowest BCUT2D eigenvalue weighted by Gasteiger charge is -2.39. The molecule has 4 heteroatoms. The molecule has 1 aliphatic carbocycles. The molecule has 1 fully saturated rings. The fourth-order valence-electron chi connectivity index (χ4n) is 3.06. The molecule has 1 aromatic carbocycles. The highest BCUT2D eigenvalue weighted by atomic mass is 16.3. The molecule has 2 rings (SSSR count). The van der Waals surface area contributed by atoms with Crippen LogP contribution in [-0.4, -0.2) is 40.7 Å². The summed E-state index contributed by atoms with van der Waals surface area (Å²) in [7, 11) is 3.42. The number of phenols is 1. The van der Waals surface area contributed by atoms with Crippen LogP contribution in [0.25, 0.3) is 0 Å². The predicted octanol–water partition coefficient (Wildman–Crippen LogP) is 2.90. The molecule has 1 unspecified atom stereocenters. The van der Waals surface area contributed by atoms with Gasteiger partial charge in [0.1, 0.15) is 5.75 Å². The summed E-state index contributed by atoms with van der Waals surface area (Å²) in [5, 5.41) is 20.4. The van der Waals surface area contributed by atoms with Crippen LogP contribution in [-0.2, 0) is 4.79 Å². The Morgan fingerprint density at radius 2 is 1.67 bits per heavy atom. The summed E-state index contributed by atoms with van der Waals surface area (Å²) in [6.07, 6.45) is 4.31. The highest BCUT2D eigenvalue weighted by Gasteiger charge is 2.43. The van der Waals surface area contributed by atoms with E-state index in [1.807, 2.05) is 0 Å². The molecule has 0 spiro atoms. The maximum absolute atomic E-state index is 12.5. The Morgan fingerprint density at radius 1 is 1.14 bits per heavy atom. The van der Waals surface area contributed by atoms with E-state index in [1.165, 1.54) is 4.90 Å². The maximum atomic E-state index is 12.5. The molecule has 118 valence electrons. The second kappa shape index (κ2) is 6.94. The van der Waals surface area contributed by atoms with Crippen molar-refractivity contribution in [1.82, 2.24) is 4.90 Å². The van der Waals surface area contributed by atoms with Crippen LogP contribution in [0.4, 0.5) is 0 Å². The summed E-state index contributed by atoms with van der Waals surface area (Å²) in [6.45, 7) is 0. The summed E-state index contributed by atoms with van der Waals surface area (Å²) < 4.78 is 0. The number of amides is 1. The molecule has 0 radical (unpaired) electrons. The largest absolute Gasteiger partial charge is 0.508 e. The molecular formula is C17H27NO3. The van der Waals surface area contributed by atoms with E-state index in [4.69, 9.17) is 0 Å². The van der Waals surface area contributed by atoms with Crippen molar-refractivity contribution in [2.45, 2.75) is 51.0 Å². The van der Waals surface area contributed by atoms with E-state index in [0.29, 0.717) is 12.8 Å². The first-order valence-corrected chi connectivity index (χ1v) is 7.16. The first-order valence-electron chi connectivity index (χ1n) is 7.16. The number of aliphatic hydroxyl groups is 1. The van der Waals surface area contributed by atoms with Crippen molar-refractivity contribution in [3.8, 4) is 5.75 Å². The number of benzene rings is 1. The van der Waals surface area contributed by atoms with Crippen molar-refractivity contribution >= 4 is 5.91 Å². The van der Waals surface area contributed by atoms with Gasteiger partial charge < -0.3 is 15.1 Å². The van der Waals surface area contributed by atoms with Crippen molar-refractivity contribution in [2.24, 2.45) is 0 Å². The molecule has 1 aliphatic rings. The SMILES string of the molecule is C.CN(C)C(=O)C(c1ccc(O)cc1)C1(O)CCCCC1. The van der Waals surface area contributed by atoms with Gasteiger partial charge in [-0.25, -0.2) is 0 Å². The zero-order chi connectivity index (χ0) is 14.8. The van der Waals surface area contributed by atoms with Crippen LogP contribution in [0.1, 0.15) is 51.0 Å². The van der Waals surface area contributed by atoms with Gasteiger partial charge in [0.15, 0.2) is 0 Å². The van der Waals surface area contributed by atoms with Gasteiger partial charge in [0.25, 0.3) is 0 Å². The number of nitrogens with zero attached hydrogens (tertiary/aromatic N) is 1. The number of rotatable bonds is 3. The molecule has 1 saturated carbocycles. The van der Waals surface area contributed by atoms with Gasteiger partial charge in [0, 0.05) is 14.1 Å². The molecule has 0 aromatic heterocycles. The van der Waals surface area contributed by atoms with Gasteiger partial charge in [-0.2, -0.15) is 0 Å². The number of hydrogen-bond acceptors (Lipinski definition) is 3. The molecule has 0 heterocycles. The summed E-state index contributed by atoms with van der Waals surface area (Å²) >= 11 is 0. The number of carbonyl (C=O) groups is 1. The third-order valence-corrected chi connectivity index (χ3v) is 4.17. The zero-order valence-corrected chi connectivity index (χ0v) is 12.2. The van der Waals surface area contributed by atoms with Gasteiger partial charge in [-0.15, -0.1) is 0 Å². The molecule has 1 atom stereocenters. The van der Waals surface area contributed by atoms with Gasteiger partial charge in [0.05, 0.1) is 11.5 Å². The number of carbonyl (C=O) groups excluding carboxylic acids is 1. The fraction of sp³-hybridized carbons (Fsp3) is 0.588. The van der Waals surface area contributed by atoms with E-state index in [-0.39, 0.29) is 19.1 Å². The van der Waals surface area contributed by atoms with Crippen molar-refractivity contribution in [1.29, 1.82) is 0 Å². The van der Waals surface area contributed by atoms with Gasteiger partial charge in [-0.05, 0) is 30.5 Å². The average molecular weight is 293 g/mol. The van der Waals surface area contributed by atoms with Crippen LogP contribution < -0.4 is 0 Å². The smallest absolute Gasteiger partial charge is 0.232 e. The van der Waals surface area contributed by atoms with Crippen LogP contribution >= 0.6 is 0 Å². The first kappa shape index (κ1) is 17.5. The van der Waals surface area contributed by atoms with Crippen molar-refractivity contribution in [3.05, 3.63) is 29.8 Å². The summed E-state index contributed by atoms with van der Waals surface area (Å²) in [6, 6.07) is 6.59. The predicted molar refractivity (Wildman–Crippen MR) is 84.3 cm³/mol. The Balaban J connectivity index is 0.00000220. The Kier molecular flexibility index (Phi) is 5.78.